The monoisotopic (exact) mass is 376 g/mol. The maximum absolute atomic E-state index is 13.5. The number of carbonyl (C=O) groups excluding carboxylic acids is 1. The van der Waals surface area contributed by atoms with Gasteiger partial charge in [-0.25, -0.2) is 0 Å². The molecule has 1 aromatic heterocycles. The van der Waals surface area contributed by atoms with Gasteiger partial charge in [0.15, 0.2) is 11.5 Å². The summed E-state index contributed by atoms with van der Waals surface area (Å²) < 4.78 is 18.6. The van der Waals surface area contributed by atoms with E-state index < -0.39 is 0 Å². The Labute approximate surface area is 162 Å². The molecule has 28 heavy (non-hydrogen) atoms. The van der Waals surface area contributed by atoms with Gasteiger partial charge in [0, 0.05) is 36.1 Å². The fourth-order valence-electron chi connectivity index (χ4n) is 4.02. The van der Waals surface area contributed by atoms with E-state index in [0.29, 0.717) is 23.6 Å². The van der Waals surface area contributed by atoms with Crippen molar-refractivity contribution in [3.8, 4) is 17.2 Å². The summed E-state index contributed by atoms with van der Waals surface area (Å²) in [6.07, 6.45) is 2.06. The van der Waals surface area contributed by atoms with Crippen LogP contribution in [0.2, 0.25) is 0 Å². The number of para-hydroxylation sites is 1. The molecule has 0 saturated carbocycles. The summed E-state index contributed by atoms with van der Waals surface area (Å²) >= 11 is 0. The third-order valence-electron chi connectivity index (χ3n) is 5.35. The van der Waals surface area contributed by atoms with Crippen LogP contribution < -0.4 is 14.2 Å². The Balaban J connectivity index is 1.58. The molecule has 2 aromatic carbocycles. The lowest BCUT2D eigenvalue weighted by atomic mass is 9.97. The Morgan fingerprint density at radius 1 is 1.04 bits per heavy atom. The molecule has 2 aliphatic rings. The van der Waals surface area contributed by atoms with Gasteiger partial charge in [-0.2, -0.15) is 0 Å². The van der Waals surface area contributed by atoms with Crippen LogP contribution in [0, 0.1) is 0 Å². The average Bonchev–Trinajstić information content (AvgIpc) is 3.41. The van der Waals surface area contributed by atoms with Crippen LogP contribution in [-0.4, -0.2) is 35.8 Å². The van der Waals surface area contributed by atoms with Crippen LogP contribution in [-0.2, 0) is 6.54 Å². The second-order valence-electron chi connectivity index (χ2n) is 6.84. The normalized spacial score (nSPS) is 17.3. The minimum absolute atomic E-state index is 0.0401. The van der Waals surface area contributed by atoms with Crippen LogP contribution in [0.1, 0.15) is 27.7 Å². The van der Waals surface area contributed by atoms with Crippen molar-refractivity contribution < 1.29 is 19.0 Å². The van der Waals surface area contributed by atoms with Gasteiger partial charge in [-0.15, -0.1) is 0 Å². The summed E-state index contributed by atoms with van der Waals surface area (Å²) in [7, 11) is 1.66. The van der Waals surface area contributed by atoms with E-state index in [1.165, 1.54) is 0 Å². The molecular formula is C22H20N2O4. The molecule has 3 heterocycles. The second kappa shape index (κ2) is 6.64. The number of amides is 1. The quantitative estimate of drug-likeness (QED) is 0.702. The molecule has 1 amide bonds. The molecule has 0 unspecified atom stereocenters. The van der Waals surface area contributed by atoms with Crippen molar-refractivity contribution in [2.75, 3.05) is 20.4 Å². The fourth-order valence-corrected chi connectivity index (χ4v) is 4.02. The van der Waals surface area contributed by atoms with Gasteiger partial charge >= 0.3 is 0 Å². The van der Waals surface area contributed by atoms with E-state index >= 15 is 0 Å². The predicted octanol–water partition coefficient (Wildman–Crippen LogP) is 3.47. The van der Waals surface area contributed by atoms with Crippen molar-refractivity contribution >= 4 is 5.91 Å². The van der Waals surface area contributed by atoms with Crippen LogP contribution in [0.15, 0.2) is 60.8 Å². The summed E-state index contributed by atoms with van der Waals surface area (Å²) in [6, 6.07) is 17.1. The largest absolute Gasteiger partial charge is 0.496 e. The van der Waals surface area contributed by atoms with Gasteiger partial charge in [0.2, 0.25) is 6.79 Å². The highest BCUT2D eigenvalue weighted by Crippen LogP contribution is 2.39. The zero-order valence-corrected chi connectivity index (χ0v) is 15.5. The minimum atomic E-state index is -0.224. The number of rotatable bonds is 3. The van der Waals surface area contributed by atoms with Crippen LogP contribution in [0.3, 0.4) is 0 Å². The van der Waals surface area contributed by atoms with Gasteiger partial charge in [-0.1, -0.05) is 18.2 Å². The first-order chi connectivity index (χ1) is 13.8. The molecule has 0 radical (unpaired) electrons. The first kappa shape index (κ1) is 16.7. The van der Waals surface area contributed by atoms with Gasteiger partial charge in [0.1, 0.15) is 11.8 Å². The summed E-state index contributed by atoms with van der Waals surface area (Å²) in [5.41, 5.74) is 2.63. The molecule has 0 fully saturated rings. The maximum atomic E-state index is 13.5. The third kappa shape index (κ3) is 2.60. The van der Waals surface area contributed by atoms with Crippen molar-refractivity contribution in [1.82, 2.24) is 9.47 Å². The molecule has 142 valence electrons. The van der Waals surface area contributed by atoms with E-state index in [1.54, 1.807) is 25.3 Å². The number of methoxy groups -OCH3 is 1. The maximum Gasteiger partial charge on any atom is 0.254 e. The zero-order valence-electron chi connectivity index (χ0n) is 15.5. The predicted molar refractivity (Wildman–Crippen MR) is 103 cm³/mol. The van der Waals surface area contributed by atoms with E-state index in [-0.39, 0.29) is 18.7 Å². The van der Waals surface area contributed by atoms with Gasteiger partial charge in [0.25, 0.3) is 5.91 Å². The van der Waals surface area contributed by atoms with Gasteiger partial charge in [-0.3, -0.25) is 4.79 Å². The van der Waals surface area contributed by atoms with Crippen molar-refractivity contribution in [2.45, 2.75) is 12.6 Å². The summed E-state index contributed by atoms with van der Waals surface area (Å²) in [6.45, 7) is 1.55. The molecule has 6 heteroatoms. The van der Waals surface area contributed by atoms with E-state index in [9.17, 15) is 4.79 Å². The highest BCUT2D eigenvalue weighted by atomic mass is 16.7. The number of benzene rings is 2. The molecule has 5 rings (SSSR count). The number of fused-ring (bicyclic) bond motifs is 2. The number of carbonyl (C=O) groups is 1. The van der Waals surface area contributed by atoms with Gasteiger partial charge in [0.05, 0.1) is 7.11 Å². The van der Waals surface area contributed by atoms with E-state index in [1.807, 2.05) is 35.2 Å². The molecule has 0 saturated heterocycles. The van der Waals surface area contributed by atoms with Gasteiger partial charge < -0.3 is 23.7 Å². The van der Waals surface area contributed by atoms with Crippen molar-refractivity contribution in [3.63, 3.8) is 0 Å². The Morgan fingerprint density at radius 2 is 1.89 bits per heavy atom. The summed E-state index contributed by atoms with van der Waals surface area (Å²) in [5.74, 6) is 2.01. The van der Waals surface area contributed by atoms with Crippen molar-refractivity contribution in [1.29, 1.82) is 0 Å². The molecule has 0 spiro atoms. The van der Waals surface area contributed by atoms with E-state index in [0.717, 1.165) is 23.6 Å². The van der Waals surface area contributed by atoms with Crippen LogP contribution in [0.4, 0.5) is 0 Å². The topological polar surface area (TPSA) is 52.9 Å². The molecule has 1 atom stereocenters. The Kier molecular flexibility index (Phi) is 3.97. The number of aromatic nitrogens is 1. The number of nitrogens with zero attached hydrogens (tertiary/aromatic N) is 2. The molecule has 2 aliphatic heterocycles. The first-order valence-electron chi connectivity index (χ1n) is 9.25. The lowest BCUT2D eigenvalue weighted by Crippen LogP contribution is -2.42. The molecular weight excluding hydrogens is 356 g/mol. The molecule has 6 nitrogen and oxygen atoms in total. The van der Waals surface area contributed by atoms with Crippen LogP contribution >= 0.6 is 0 Å². The van der Waals surface area contributed by atoms with Crippen LogP contribution in [0.25, 0.3) is 0 Å². The number of ether oxygens (including phenoxy) is 3. The van der Waals surface area contributed by atoms with Crippen molar-refractivity contribution in [3.05, 3.63) is 77.6 Å². The number of hydrogen-bond acceptors (Lipinski definition) is 4. The van der Waals surface area contributed by atoms with Crippen LogP contribution in [0.5, 0.6) is 17.2 Å². The van der Waals surface area contributed by atoms with Crippen molar-refractivity contribution in [2.24, 2.45) is 0 Å². The lowest BCUT2D eigenvalue weighted by molar-refractivity contribution is 0.0661. The second-order valence-corrected chi connectivity index (χ2v) is 6.84. The van der Waals surface area contributed by atoms with Gasteiger partial charge in [-0.05, 0) is 36.4 Å². The highest BCUT2D eigenvalue weighted by Gasteiger charge is 2.34. The Bertz CT molecular complexity index is 1040. The fraction of sp³-hybridized carbons (Fsp3) is 0.227. The molecule has 0 aliphatic carbocycles. The smallest absolute Gasteiger partial charge is 0.254 e. The summed E-state index contributed by atoms with van der Waals surface area (Å²) in [4.78, 5) is 15.4. The standard InChI is InChI=1S/C22H20N2O4/c1-26-18-7-3-2-5-16(18)21-17-6-4-10-23(17)11-12-24(21)22(25)15-8-9-19-20(13-15)28-14-27-19/h2-10,13,21H,11-12,14H2,1H3/t21-/m1/s1. The Morgan fingerprint density at radius 3 is 2.79 bits per heavy atom. The first-order valence-corrected chi connectivity index (χ1v) is 9.25. The molecule has 0 N–H and O–H groups in total. The SMILES string of the molecule is COc1ccccc1[C@@H]1c2cccn2CCN1C(=O)c1ccc2c(c1)OCO2. The summed E-state index contributed by atoms with van der Waals surface area (Å²) in [5, 5.41) is 0. The zero-order chi connectivity index (χ0) is 19.1. The average molecular weight is 376 g/mol. The number of hydrogen-bond donors (Lipinski definition) is 0. The molecule has 0 bridgehead atoms. The lowest BCUT2D eigenvalue weighted by Gasteiger charge is -2.38. The van der Waals surface area contributed by atoms with E-state index in [4.69, 9.17) is 14.2 Å². The van der Waals surface area contributed by atoms with E-state index in [2.05, 4.69) is 16.8 Å². The Hall–Kier alpha value is -3.41. The highest BCUT2D eigenvalue weighted by molar-refractivity contribution is 5.95. The molecule has 3 aromatic rings. The third-order valence-corrected chi connectivity index (χ3v) is 5.35. The minimum Gasteiger partial charge on any atom is -0.496 e.